The first-order valence-corrected chi connectivity index (χ1v) is 7.01. The van der Waals surface area contributed by atoms with Crippen LogP contribution in [0.25, 0.3) is 0 Å². The van der Waals surface area contributed by atoms with Gasteiger partial charge in [-0.3, -0.25) is 0 Å². The highest BCUT2D eigenvalue weighted by molar-refractivity contribution is 5.51. The van der Waals surface area contributed by atoms with E-state index in [0.717, 1.165) is 25.0 Å². The van der Waals surface area contributed by atoms with Gasteiger partial charge in [-0.1, -0.05) is 0 Å². The first kappa shape index (κ1) is 15.9. The van der Waals surface area contributed by atoms with Crippen LogP contribution in [0.5, 0.6) is 0 Å². The van der Waals surface area contributed by atoms with E-state index in [2.05, 4.69) is 15.6 Å². The molecule has 21 heavy (non-hydrogen) atoms. The average Bonchev–Trinajstić information content (AvgIpc) is 2.38. The maximum Gasteiger partial charge on any atom is 0.416 e. The van der Waals surface area contributed by atoms with Crippen LogP contribution in [0.1, 0.15) is 32.3 Å². The molecule has 0 unspecified atom stereocenters. The van der Waals surface area contributed by atoms with E-state index in [1.54, 1.807) is 0 Å². The highest BCUT2D eigenvalue weighted by Gasteiger charge is 2.33. The fourth-order valence-electron chi connectivity index (χ4n) is 2.29. The molecule has 0 aliphatic carbocycles. The number of hydrogen-bond donors (Lipinski definition) is 2. The largest absolute Gasteiger partial charge is 0.416 e. The zero-order valence-electron chi connectivity index (χ0n) is 12.2. The second-order valence-corrected chi connectivity index (χ2v) is 5.45. The Bertz CT molecular complexity index is 485. The molecule has 1 aliphatic heterocycles. The van der Waals surface area contributed by atoms with Gasteiger partial charge in [0.1, 0.15) is 11.6 Å². The summed E-state index contributed by atoms with van der Waals surface area (Å²) in [6, 6.07) is 2.09. The summed E-state index contributed by atoms with van der Waals surface area (Å²) in [5.41, 5.74) is -0.995. The van der Waals surface area contributed by atoms with Crippen LogP contribution in [0.2, 0.25) is 0 Å². The van der Waals surface area contributed by atoms with Gasteiger partial charge in [-0.2, -0.15) is 13.2 Å². The van der Waals surface area contributed by atoms with Crippen molar-refractivity contribution >= 4 is 11.6 Å². The molecule has 0 saturated carbocycles. The molecule has 2 heterocycles. The number of nitrogens with one attached hydrogen (secondary N) is 2. The second kappa shape index (κ2) is 6.09. The summed E-state index contributed by atoms with van der Waals surface area (Å²) in [5.74, 6) is 0.468. The van der Waals surface area contributed by atoms with Gasteiger partial charge in [0, 0.05) is 25.3 Å². The third kappa shape index (κ3) is 4.23. The molecule has 0 radical (unpaired) electrons. The molecule has 0 atom stereocenters. The zero-order chi connectivity index (χ0) is 15.5. The summed E-state index contributed by atoms with van der Waals surface area (Å²) in [6.07, 6.45) is -2.91. The van der Waals surface area contributed by atoms with Gasteiger partial charge >= 0.3 is 6.18 Å². The number of nitrogens with zero attached hydrogens (tertiary/aromatic N) is 1. The fraction of sp³-hybridized carbons (Fsp3) is 0.643. The fourth-order valence-corrected chi connectivity index (χ4v) is 2.29. The van der Waals surface area contributed by atoms with E-state index in [1.807, 2.05) is 13.8 Å². The lowest BCUT2D eigenvalue weighted by Crippen LogP contribution is -2.41. The van der Waals surface area contributed by atoms with Crippen LogP contribution in [-0.2, 0) is 10.9 Å². The Kier molecular flexibility index (Phi) is 4.61. The standard InChI is InChI=1S/C14H20F3N3O/c1-3-18-11-8-10(14(15,16)17)9-12(19-11)20-13(2)4-6-21-7-5-13/h8-9H,3-7H2,1-2H3,(H2,18,19,20). The van der Waals surface area contributed by atoms with Crippen molar-refractivity contribution in [3.05, 3.63) is 17.7 Å². The molecule has 0 amide bonds. The highest BCUT2D eigenvalue weighted by atomic mass is 19.4. The van der Waals surface area contributed by atoms with Gasteiger partial charge in [-0.25, -0.2) is 4.98 Å². The highest BCUT2D eigenvalue weighted by Crippen LogP contribution is 2.33. The molecule has 2 N–H and O–H groups in total. The molecule has 7 heteroatoms. The quantitative estimate of drug-likeness (QED) is 0.893. The van der Waals surface area contributed by atoms with Crippen molar-refractivity contribution in [3.63, 3.8) is 0 Å². The maximum atomic E-state index is 13.0. The van der Waals surface area contributed by atoms with E-state index >= 15 is 0 Å². The van der Waals surface area contributed by atoms with Crippen molar-refractivity contribution in [1.82, 2.24) is 4.98 Å². The van der Waals surface area contributed by atoms with Crippen LogP contribution in [0.4, 0.5) is 24.8 Å². The molecule has 0 bridgehead atoms. The molecule has 0 spiro atoms. The Hall–Kier alpha value is -1.50. The first-order chi connectivity index (χ1) is 9.82. The number of halogens is 3. The van der Waals surface area contributed by atoms with E-state index in [9.17, 15) is 13.2 Å². The van der Waals surface area contributed by atoms with Crippen LogP contribution in [0.15, 0.2) is 12.1 Å². The number of pyridine rings is 1. The van der Waals surface area contributed by atoms with Gasteiger partial charge in [0.2, 0.25) is 0 Å². The zero-order valence-corrected chi connectivity index (χ0v) is 12.2. The van der Waals surface area contributed by atoms with Gasteiger partial charge in [0.25, 0.3) is 0 Å². The molecule has 1 fully saturated rings. The minimum absolute atomic E-state index is 0.227. The predicted octanol–water partition coefficient (Wildman–Crippen LogP) is 3.51. The van der Waals surface area contributed by atoms with Crippen LogP contribution >= 0.6 is 0 Å². The summed E-state index contributed by atoms with van der Waals surface area (Å²) in [4.78, 5) is 4.21. The van der Waals surface area contributed by atoms with Crippen molar-refractivity contribution in [2.24, 2.45) is 0 Å². The topological polar surface area (TPSA) is 46.2 Å². The lowest BCUT2D eigenvalue weighted by atomic mass is 9.92. The van der Waals surface area contributed by atoms with Crippen molar-refractivity contribution < 1.29 is 17.9 Å². The molecular weight excluding hydrogens is 283 g/mol. The maximum absolute atomic E-state index is 13.0. The van der Waals surface area contributed by atoms with Crippen molar-refractivity contribution in [3.8, 4) is 0 Å². The minimum atomic E-state index is -4.39. The van der Waals surface area contributed by atoms with Crippen LogP contribution in [-0.4, -0.2) is 30.3 Å². The lowest BCUT2D eigenvalue weighted by Gasteiger charge is -2.35. The van der Waals surface area contributed by atoms with Crippen molar-refractivity contribution in [2.75, 3.05) is 30.4 Å². The summed E-state index contributed by atoms with van der Waals surface area (Å²) in [5, 5.41) is 5.97. The molecule has 1 saturated heterocycles. The van der Waals surface area contributed by atoms with Gasteiger partial charge in [-0.05, 0) is 38.8 Å². The van der Waals surface area contributed by atoms with Gasteiger partial charge in [0.15, 0.2) is 0 Å². The number of ether oxygens (including phenoxy) is 1. The molecule has 1 aliphatic rings. The summed E-state index contributed by atoms with van der Waals surface area (Å²) in [6.45, 7) is 5.50. The Labute approximate surface area is 122 Å². The third-order valence-corrected chi connectivity index (χ3v) is 3.54. The van der Waals surface area contributed by atoms with Gasteiger partial charge < -0.3 is 15.4 Å². The van der Waals surface area contributed by atoms with Gasteiger partial charge in [0.05, 0.1) is 5.56 Å². The smallest absolute Gasteiger partial charge is 0.381 e. The molecule has 118 valence electrons. The van der Waals surface area contributed by atoms with E-state index < -0.39 is 11.7 Å². The second-order valence-electron chi connectivity index (χ2n) is 5.45. The molecule has 2 rings (SSSR count). The molecule has 4 nitrogen and oxygen atoms in total. The summed E-state index contributed by atoms with van der Waals surface area (Å²) < 4.78 is 44.2. The van der Waals surface area contributed by atoms with Crippen LogP contribution in [0.3, 0.4) is 0 Å². The average molecular weight is 303 g/mol. The Morgan fingerprint density at radius 3 is 2.43 bits per heavy atom. The Balaban J connectivity index is 2.27. The van der Waals surface area contributed by atoms with E-state index in [-0.39, 0.29) is 17.2 Å². The number of aromatic nitrogens is 1. The number of anilines is 2. The van der Waals surface area contributed by atoms with E-state index in [0.29, 0.717) is 19.8 Å². The summed E-state index contributed by atoms with van der Waals surface area (Å²) >= 11 is 0. The van der Waals surface area contributed by atoms with Crippen molar-refractivity contribution in [2.45, 2.75) is 38.4 Å². The number of alkyl halides is 3. The van der Waals surface area contributed by atoms with Crippen LogP contribution < -0.4 is 10.6 Å². The normalized spacial score (nSPS) is 18.3. The first-order valence-electron chi connectivity index (χ1n) is 7.01. The summed E-state index contributed by atoms with van der Waals surface area (Å²) in [7, 11) is 0. The van der Waals surface area contributed by atoms with Crippen LogP contribution in [0, 0.1) is 0 Å². The SMILES string of the molecule is CCNc1cc(C(F)(F)F)cc(NC2(C)CCOCC2)n1. The lowest BCUT2D eigenvalue weighted by molar-refractivity contribution is -0.137. The number of hydrogen-bond acceptors (Lipinski definition) is 4. The minimum Gasteiger partial charge on any atom is -0.381 e. The van der Waals surface area contributed by atoms with E-state index in [1.165, 1.54) is 0 Å². The van der Waals surface area contributed by atoms with Crippen molar-refractivity contribution in [1.29, 1.82) is 0 Å². The monoisotopic (exact) mass is 303 g/mol. The van der Waals surface area contributed by atoms with Gasteiger partial charge in [-0.15, -0.1) is 0 Å². The Morgan fingerprint density at radius 1 is 1.24 bits per heavy atom. The number of rotatable bonds is 4. The predicted molar refractivity (Wildman–Crippen MR) is 75.5 cm³/mol. The molecular formula is C14H20F3N3O. The molecule has 1 aromatic rings. The Morgan fingerprint density at radius 2 is 1.86 bits per heavy atom. The van der Waals surface area contributed by atoms with E-state index in [4.69, 9.17) is 4.74 Å². The molecule has 0 aromatic carbocycles. The molecule has 1 aromatic heterocycles. The third-order valence-electron chi connectivity index (χ3n) is 3.54.